The lowest BCUT2D eigenvalue weighted by Gasteiger charge is -2.20. The van der Waals surface area contributed by atoms with Gasteiger partial charge in [-0.1, -0.05) is 6.07 Å². The molecular weight excluding hydrogens is 238 g/mol. The predicted molar refractivity (Wildman–Crippen MR) is 80.9 cm³/mol. The van der Waals surface area contributed by atoms with Crippen molar-refractivity contribution in [3.63, 3.8) is 0 Å². The topological polar surface area (TPSA) is 38.7 Å². The fourth-order valence-electron chi connectivity index (χ4n) is 2.46. The maximum Gasteiger partial charge on any atom is 0.0839 e. The van der Waals surface area contributed by atoms with Gasteiger partial charge in [0.1, 0.15) is 0 Å². The molecule has 0 saturated carbocycles. The van der Waals surface area contributed by atoms with Crippen LogP contribution in [0, 0.1) is 0 Å². The van der Waals surface area contributed by atoms with E-state index in [1.165, 1.54) is 18.5 Å². The minimum absolute atomic E-state index is 0.305. The van der Waals surface area contributed by atoms with E-state index >= 15 is 0 Å². The molecule has 106 valence electrons. The lowest BCUT2D eigenvalue weighted by molar-refractivity contribution is 0.135. The number of rotatable bonds is 6. The minimum atomic E-state index is -0.305. The fraction of sp³-hybridized carbons (Fsp3) is 0.600. The van der Waals surface area contributed by atoms with E-state index in [0.29, 0.717) is 6.54 Å². The molecule has 1 unspecified atom stereocenters. The normalized spacial score (nSPS) is 17.4. The van der Waals surface area contributed by atoms with Crippen LogP contribution in [0.3, 0.4) is 0 Å². The lowest BCUT2D eigenvalue weighted by Crippen LogP contribution is -2.34. The van der Waals surface area contributed by atoms with Gasteiger partial charge >= 0.3 is 0 Å². The SMILES string of the molecule is CN(C)c1cccc(NCC(O)CN2CCCC2)c1. The van der Waals surface area contributed by atoms with Crippen LogP contribution in [0.15, 0.2) is 24.3 Å². The summed E-state index contributed by atoms with van der Waals surface area (Å²) < 4.78 is 0. The summed E-state index contributed by atoms with van der Waals surface area (Å²) >= 11 is 0. The summed E-state index contributed by atoms with van der Waals surface area (Å²) in [7, 11) is 4.06. The summed E-state index contributed by atoms with van der Waals surface area (Å²) in [5.74, 6) is 0. The first-order valence-corrected chi connectivity index (χ1v) is 7.07. The van der Waals surface area contributed by atoms with Crippen molar-refractivity contribution in [2.45, 2.75) is 18.9 Å². The van der Waals surface area contributed by atoms with Gasteiger partial charge in [0.05, 0.1) is 6.10 Å². The van der Waals surface area contributed by atoms with E-state index in [0.717, 1.165) is 25.3 Å². The van der Waals surface area contributed by atoms with Crippen LogP contribution in [-0.2, 0) is 0 Å². The Hall–Kier alpha value is -1.26. The number of aliphatic hydroxyl groups is 1. The second-order valence-electron chi connectivity index (χ2n) is 5.49. The molecule has 1 saturated heterocycles. The molecule has 0 bridgehead atoms. The standard InChI is InChI=1S/C15H25N3O/c1-17(2)14-7-5-6-13(10-14)16-11-15(19)12-18-8-3-4-9-18/h5-7,10,15-16,19H,3-4,8-9,11-12H2,1-2H3. The van der Waals surface area contributed by atoms with Gasteiger partial charge < -0.3 is 20.2 Å². The number of β-amino-alcohol motifs (C(OH)–C–C–N with tert-alkyl or cyclic N) is 1. The van der Waals surface area contributed by atoms with Gasteiger partial charge in [-0.25, -0.2) is 0 Å². The van der Waals surface area contributed by atoms with Crippen molar-refractivity contribution in [1.29, 1.82) is 0 Å². The third kappa shape index (κ3) is 4.40. The maximum atomic E-state index is 10.0. The molecule has 4 nitrogen and oxygen atoms in total. The van der Waals surface area contributed by atoms with Crippen LogP contribution in [0.25, 0.3) is 0 Å². The van der Waals surface area contributed by atoms with Crippen molar-refractivity contribution in [3.05, 3.63) is 24.3 Å². The first-order valence-electron chi connectivity index (χ1n) is 7.07. The van der Waals surface area contributed by atoms with Crippen molar-refractivity contribution < 1.29 is 5.11 Å². The Morgan fingerprint density at radius 1 is 1.32 bits per heavy atom. The monoisotopic (exact) mass is 263 g/mol. The molecule has 1 fully saturated rings. The van der Waals surface area contributed by atoms with Crippen molar-refractivity contribution in [1.82, 2.24) is 4.90 Å². The van der Waals surface area contributed by atoms with Gasteiger partial charge in [-0.3, -0.25) is 0 Å². The zero-order valence-corrected chi connectivity index (χ0v) is 12.0. The molecule has 1 atom stereocenters. The number of aliphatic hydroxyl groups excluding tert-OH is 1. The van der Waals surface area contributed by atoms with E-state index in [2.05, 4.69) is 27.2 Å². The molecule has 0 aliphatic carbocycles. The molecule has 1 aromatic rings. The highest BCUT2D eigenvalue weighted by atomic mass is 16.3. The van der Waals surface area contributed by atoms with E-state index in [1.54, 1.807) is 0 Å². The maximum absolute atomic E-state index is 10.0. The van der Waals surface area contributed by atoms with E-state index in [9.17, 15) is 5.11 Å². The quantitative estimate of drug-likeness (QED) is 0.818. The number of hydrogen-bond donors (Lipinski definition) is 2. The fourth-order valence-corrected chi connectivity index (χ4v) is 2.46. The van der Waals surface area contributed by atoms with Crippen LogP contribution in [0.1, 0.15) is 12.8 Å². The number of nitrogens with zero attached hydrogens (tertiary/aromatic N) is 2. The van der Waals surface area contributed by atoms with Crippen LogP contribution in [-0.4, -0.2) is 56.4 Å². The zero-order valence-electron chi connectivity index (χ0n) is 12.0. The molecule has 0 radical (unpaired) electrons. The van der Waals surface area contributed by atoms with Gasteiger partial charge in [-0.15, -0.1) is 0 Å². The molecule has 1 heterocycles. The molecule has 0 amide bonds. The van der Waals surface area contributed by atoms with Crippen LogP contribution in [0.2, 0.25) is 0 Å². The molecule has 1 aromatic carbocycles. The van der Waals surface area contributed by atoms with Crippen LogP contribution < -0.4 is 10.2 Å². The summed E-state index contributed by atoms with van der Waals surface area (Å²) in [6.07, 6.45) is 2.23. The molecule has 1 aliphatic rings. The largest absolute Gasteiger partial charge is 0.390 e. The predicted octanol–water partition coefficient (Wildman–Crippen LogP) is 1.62. The van der Waals surface area contributed by atoms with Gasteiger partial charge in [0, 0.05) is 38.6 Å². The van der Waals surface area contributed by atoms with Crippen LogP contribution >= 0.6 is 0 Å². The first kappa shape index (κ1) is 14.2. The Kier molecular flexibility index (Phi) is 5.05. The van der Waals surface area contributed by atoms with Crippen molar-refractivity contribution >= 4 is 11.4 Å². The smallest absolute Gasteiger partial charge is 0.0839 e. The third-order valence-electron chi connectivity index (χ3n) is 3.57. The summed E-state index contributed by atoms with van der Waals surface area (Å²) in [6.45, 7) is 3.65. The van der Waals surface area contributed by atoms with Gasteiger partial charge in [0.2, 0.25) is 0 Å². The summed E-state index contributed by atoms with van der Waals surface area (Å²) in [5.41, 5.74) is 2.23. The average Bonchev–Trinajstić information content (AvgIpc) is 2.89. The molecule has 2 rings (SSSR count). The summed E-state index contributed by atoms with van der Waals surface area (Å²) in [5, 5.41) is 13.3. The lowest BCUT2D eigenvalue weighted by atomic mass is 10.2. The Morgan fingerprint density at radius 2 is 2.05 bits per heavy atom. The number of likely N-dealkylation sites (tertiary alicyclic amines) is 1. The molecule has 0 aromatic heterocycles. The van der Waals surface area contributed by atoms with E-state index in [4.69, 9.17) is 0 Å². The van der Waals surface area contributed by atoms with Gasteiger partial charge in [0.15, 0.2) is 0 Å². The van der Waals surface area contributed by atoms with Crippen LogP contribution in [0.5, 0.6) is 0 Å². The van der Waals surface area contributed by atoms with Crippen molar-refractivity contribution in [2.24, 2.45) is 0 Å². The highest BCUT2D eigenvalue weighted by Crippen LogP contribution is 2.17. The highest BCUT2D eigenvalue weighted by Gasteiger charge is 2.15. The molecule has 19 heavy (non-hydrogen) atoms. The molecule has 0 spiro atoms. The molecule has 2 N–H and O–H groups in total. The van der Waals surface area contributed by atoms with Gasteiger partial charge in [-0.2, -0.15) is 0 Å². The Morgan fingerprint density at radius 3 is 2.74 bits per heavy atom. The summed E-state index contributed by atoms with van der Waals surface area (Å²) in [4.78, 5) is 4.41. The van der Waals surface area contributed by atoms with Crippen molar-refractivity contribution in [2.75, 3.05) is 50.5 Å². The van der Waals surface area contributed by atoms with Crippen LogP contribution in [0.4, 0.5) is 11.4 Å². The van der Waals surface area contributed by atoms with Gasteiger partial charge in [-0.05, 0) is 44.1 Å². The molecule has 1 aliphatic heterocycles. The highest BCUT2D eigenvalue weighted by molar-refractivity contribution is 5.57. The second-order valence-corrected chi connectivity index (χ2v) is 5.49. The summed E-state index contributed by atoms with van der Waals surface area (Å²) in [6, 6.07) is 8.24. The minimum Gasteiger partial charge on any atom is -0.390 e. The number of hydrogen-bond acceptors (Lipinski definition) is 4. The Labute approximate surface area is 116 Å². The molecular formula is C15H25N3O. The van der Waals surface area contributed by atoms with E-state index < -0.39 is 0 Å². The van der Waals surface area contributed by atoms with E-state index in [1.807, 2.05) is 26.2 Å². The Balaban J connectivity index is 1.79. The average molecular weight is 263 g/mol. The van der Waals surface area contributed by atoms with E-state index in [-0.39, 0.29) is 6.10 Å². The first-order chi connectivity index (χ1) is 9.15. The van der Waals surface area contributed by atoms with Gasteiger partial charge in [0.25, 0.3) is 0 Å². The Bertz CT molecular complexity index is 389. The number of benzene rings is 1. The number of anilines is 2. The second kappa shape index (κ2) is 6.78. The molecule has 4 heteroatoms. The van der Waals surface area contributed by atoms with Crippen molar-refractivity contribution in [3.8, 4) is 0 Å². The third-order valence-corrected chi connectivity index (χ3v) is 3.57. The zero-order chi connectivity index (χ0) is 13.7. The number of nitrogens with one attached hydrogen (secondary N) is 1.